The summed E-state index contributed by atoms with van der Waals surface area (Å²) in [4.78, 5) is 20.5. The number of hydrogen-bond acceptors (Lipinski definition) is 7. The number of hydrogen-bond donors (Lipinski definition) is 2. The largest absolute Gasteiger partial charge is 0.486 e. The van der Waals surface area contributed by atoms with Crippen LogP contribution in [0.25, 0.3) is 11.1 Å². The molecule has 2 aromatic carbocycles. The van der Waals surface area contributed by atoms with E-state index >= 15 is 0 Å². The zero-order valence-electron chi connectivity index (χ0n) is 21.8. The van der Waals surface area contributed by atoms with Crippen molar-refractivity contribution in [2.75, 3.05) is 42.8 Å². The van der Waals surface area contributed by atoms with Gasteiger partial charge < -0.3 is 19.7 Å². The Morgan fingerprint density at radius 2 is 1.87 bits per heavy atom. The third-order valence-electron chi connectivity index (χ3n) is 6.96. The van der Waals surface area contributed by atoms with Crippen molar-refractivity contribution in [3.8, 4) is 22.6 Å². The number of halogens is 2. The second-order valence-corrected chi connectivity index (χ2v) is 12.0. The Morgan fingerprint density at radius 1 is 1.10 bits per heavy atom. The molecular formula is C28H30F2N4O4S. The standard InChI is InChI=1S/C28H30F2N4O4S/c1-18-22(19-7-8-23-24(15-19)38-14-13-37-23)17-32-26(34-11-4-9-28(29,30)10-12-34)25(18)27(35)33-20-5-3-6-21(16-20)39(2,31)36/h3,5-8,15-17,31H,4,9-14H2,1-2H3,(H,33,35)/t39-/m1/s1. The molecule has 1 aromatic heterocycles. The molecule has 2 aliphatic rings. The number of pyridine rings is 1. The van der Waals surface area contributed by atoms with Gasteiger partial charge in [0.2, 0.25) is 5.92 Å². The van der Waals surface area contributed by atoms with Crippen molar-refractivity contribution < 1.29 is 27.3 Å². The molecule has 206 valence electrons. The van der Waals surface area contributed by atoms with E-state index in [9.17, 15) is 17.8 Å². The van der Waals surface area contributed by atoms with Gasteiger partial charge in [0.05, 0.1) is 15.3 Å². The summed E-state index contributed by atoms with van der Waals surface area (Å²) < 4.78 is 59.8. The number of amides is 1. The van der Waals surface area contributed by atoms with E-state index in [2.05, 4.69) is 10.3 Å². The fraction of sp³-hybridized carbons (Fsp3) is 0.357. The number of carbonyl (C=O) groups excluding carboxylic acids is 1. The fourth-order valence-electron chi connectivity index (χ4n) is 4.89. The Balaban J connectivity index is 1.57. The van der Waals surface area contributed by atoms with Crippen LogP contribution in [0.5, 0.6) is 11.5 Å². The van der Waals surface area contributed by atoms with Gasteiger partial charge in [-0.2, -0.15) is 0 Å². The number of fused-ring (bicyclic) bond motifs is 1. The topological polar surface area (TPSA) is 105 Å². The number of ether oxygens (including phenoxy) is 2. The molecule has 0 spiro atoms. The molecule has 3 heterocycles. The number of aromatic nitrogens is 1. The number of carbonyl (C=O) groups is 1. The van der Waals surface area contributed by atoms with Gasteiger partial charge in [0.25, 0.3) is 5.91 Å². The van der Waals surface area contributed by atoms with Crippen molar-refractivity contribution in [1.29, 1.82) is 4.78 Å². The van der Waals surface area contributed by atoms with E-state index in [0.717, 1.165) is 5.56 Å². The first-order valence-corrected chi connectivity index (χ1v) is 14.7. The van der Waals surface area contributed by atoms with E-state index in [1.807, 2.05) is 18.2 Å². The fourth-order valence-corrected chi connectivity index (χ4v) is 5.58. The molecular weight excluding hydrogens is 526 g/mol. The number of benzene rings is 2. The van der Waals surface area contributed by atoms with Gasteiger partial charge in [-0.05, 0) is 54.8 Å². The summed E-state index contributed by atoms with van der Waals surface area (Å²) in [5.74, 6) is -1.67. The summed E-state index contributed by atoms with van der Waals surface area (Å²) in [6.07, 6.45) is 2.70. The summed E-state index contributed by atoms with van der Waals surface area (Å²) in [6, 6.07) is 11.9. The number of nitrogens with one attached hydrogen (secondary N) is 2. The van der Waals surface area contributed by atoms with Crippen LogP contribution < -0.4 is 19.7 Å². The maximum Gasteiger partial charge on any atom is 0.259 e. The third-order valence-corrected chi connectivity index (χ3v) is 8.11. The SMILES string of the molecule is Cc1c(-c2ccc3c(c2)OCCO3)cnc(N2CCCC(F)(F)CC2)c1C(=O)Nc1cccc([S@](C)(=N)=O)c1. The van der Waals surface area contributed by atoms with Crippen molar-refractivity contribution in [3.05, 3.63) is 59.8 Å². The molecule has 5 rings (SSSR count). The number of alkyl halides is 2. The molecule has 1 fully saturated rings. The Hall–Kier alpha value is -3.73. The monoisotopic (exact) mass is 556 g/mol. The Kier molecular flexibility index (Phi) is 7.19. The van der Waals surface area contributed by atoms with Crippen LogP contribution in [0.1, 0.15) is 35.2 Å². The van der Waals surface area contributed by atoms with Gasteiger partial charge in [-0.3, -0.25) is 4.79 Å². The van der Waals surface area contributed by atoms with Crippen molar-refractivity contribution in [3.63, 3.8) is 0 Å². The molecule has 1 saturated heterocycles. The van der Waals surface area contributed by atoms with Crippen LogP contribution in [0, 0.1) is 11.7 Å². The first-order valence-electron chi connectivity index (χ1n) is 12.7. The number of nitrogens with zero attached hydrogens (tertiary/aromatic N) is 2. The van der Waals surface area contributed by atoms with E-state index in [0.29, 0.717) is 53.9 Å². The van der Waals surface area contributed by atoms with E-state index in [-0.39, 0.29) is 36.3 Å². The van der Waals surface area contributed by atoms with Gasteiger partial charge in [-0.1, -0.05) is 12.1 Å². The zero-order chi connectivity index (χ0) is 27.8. The first kappa shape index (κ1) is 26.9. The highest BCUT2D eigenvalue weighted by atomic mass is 32.2. The van der Waals surface area contributed by atoms with Gasteiger partial charge in [-0.25, -0.2) is 22.8 Å². The first-order chi connectivity index (χ1) is 18.5. The van der Waals surface area contributed by atoms with Gasteiger partial charge in [0, 0.05) is 54.5 Å². The second-order valence-electron chi connectivity index (χ2n) is 9.88. The molecule has 2 N–H and O–H groups in total. The molecule has 0 bridgehead atoms. The lowest BCUT2D eigenvalue weighted by Gasteiger charge is -2.26. The van der Waals surface area contributed by atoms with Crippen LogP contribution in [-0.4, -0.2) is 53.6 Å². The Bertz CT molecular complexity index is 1530. The maximum atomic E-state index is 14.1. The normalized spacial score (nSPS) is 18.1. The van der Waals surface area contributed by atoms with Gasteiger partial charge >= 0.3 is 0 Å². The quantitative estimate of drug-likeness (QED) is 0.415. The average Bonchev–Trinajstić information content (AvgIpc) is 3.08. The lowest BCUT2D eigenvalue weighted by Crippen LogP contribution is -2.30. The minimum absolute atomic E-state index is 0.0648. The highest BCUT2D eigenvalue weighted by Crippen LogP contribution is 2.38. The predicted molar refractivity (Wildman–Crippen MR) is 146 cm³/mol. The molecule has 1 atom stereocenters. The lowest BCUT2D eigenvalue weighted by molar-refractivity contribution is -0.0102. The van der Waals surface area contributed by atoms with E-state index in [4.69, 9.17) is 14.3 Å². The van der Waals surface area contributed by atoms with Crippen molar-refractivity contribution in [2.45, 2.75) is 37.0 Å². The van der Waals surface area contributed by atoms with Gasteiger partial charge in [-0.15, -0.1) is 0 Å². The molecule has 8 nitrogen and oxygen atoms in total. The van der Waals surface area contributed by atoms with Crippen molar-refractivity contribution in [2.24, 2.45) is 0 Å². The second kappa shape index (κ2) is 10.4. The minimum Gasteiger partial charge on any atom is -0.486 e. The van der Waals surface area contributed by atoms with E-state index in [1.165, 1.54) is 12.3 Å². The number of anilines is 2. The molecule has 0 saturated carbocycles. The third kappa shape index (κ3) is 5.83. The summed E-state index contributed by atoms with van der Waals surface area (Å²) in [6.45, 7) is 3.11. The Labute approximate surface area is 226 Å². The highest BCUT2D eigenvalue weighted by Gasteiger charge is 2.33. The number of rotatable bonds is 5. The van der Waals surface area contributed by atoms with E-state index < -0.39 is 21.6 Å². The zero-order valence-corrected chi connectivity index (χ0v) is 22.6. The van der Waals surface area contributed by atoms with Crippen LogP contribution in [0.4, 0.5) is 20.3 Å². The van der Waals surface area contributed by atoms with Crippen LogP contribution in [0.2, 0.25) is 0 Å². The van der Waals surface area contributed by atoms with Crippen LogP contribution >= 0.6 is 0 Å². The average molecular weight is 557 g/mol. The molecule has 3 aromatic rings. The summed E-state index contributed by atoms with van der Waals surface area (Å²) in [7, 11) is -2.99. The van der Waals surface area contributed by atoms with E-state index in [1.54, 1.807) is 36.2 Å². The summed E-state index contributed by atoms with van der Waals surface area (Å²) in [5, 5.41) is 2.84. The molecule has 2 aliphatic heterocycles. The smallest absolute Gasteiger partial charge is 0.259 e. The molecule has 0 unspecified atom stereocenters. The highest BCUT2D eigenvalue weighted by molar-refractivity contribution is 7.91. The van der Waals surface area contributed by atoms with Crippen LogP contribution in [0.3, 0.4) is 0 Å². The molecule has 11 heteroatoms. The minimum atomic E-state index is -2.99. The van der Waals surface area contributed by atoms with Crippen molar-refractivity contribution in [1.82, 2.24) is 4.98 Å². The summed E-state index contributed by atoms with van der Waals surface area (Å²) >= 11 is 0. The Morgan fingerprint density at radius 3 is 2.64 bits per heavy atom. The molecule has 0 radical (unpaired) electrons. The predicted octanol–water partition coefficient (Wildman–Crippen LogP) is 5.74. The van der Waals surface area contributed by atoms with Gasteiger partial charge in [0.15, 0.2) is 11.5 Å². The van der Waals surface area contributed by atoms with Crippen LogP contribution in [-0.2, 0) is 9.73 Å². The molecule has 0 aliphatic carbocycles. The van der Waals surface area contributed by atoms with Crippen LogP contribution in [0.15, 0.2) is 53.6 Å². The lowest BCUT2D eigenvalue weighted by atomic mass is 9.97. The van der Waals surface area contributed by atoms with Crippen molar-refractivity contribution >= 4 is 27.1 Å². The summed E-state index contributed by atoms with van der Waals surface area (Å²) in [5.41, 5.74) is 2.73. The molecule has 39 heavy (non-hydrogen) atoms. The molecule has 1 amide bonds. The maximum absolute atomic E-state index is 14.1. The van der Waals surface area contributed by atoms with Gasteiger partial charge in [0.1, 0.15) is 19.0 Å².